The van der Waals surface area contributed by atoms with Crippen molar-refractivity contribution in [2.45, 2.75) is 13.0 Å². The van der Waals surface area contributed by atoms with Crippen LogP contribution < -0.4 is 9.80 Å². The highest BCUT2D eigenvalue weighted by molar-refractivity contribution is 5.43. The molecule has 1 aliphatic rings. The van der Waals surface area contributed by atoms with Crippen LogP contribution in [-0.4, -0.2) is 66.8 Å². The third-order valence-corrected chi connectivity index (χ3v) is 4.62. The van der Waals surface area contributed by atoms with Crippen molar-refractivity contribution in [3.63, 3.8) is 0 Å². The van der Waals surface area contributed by atoms with Gasteiger partial charge >= 0.3 is 0 Å². The molecule has 3 rings (SSSR count). The summed E-state index contributed by atoms with van der Waals surface area (Å²) in [5, 5.41) is 10.5. The second-order valence-electron chi connectivity index (χ2n) is 6.82. The van der Waals surface area contributed by atoms with E-state index in [9.17, 15) is 5.11 Å². The van der Waals surface area contributed by atoms with E-state index in [1.54, 1.807) is 0 Å². The molecule has 1 unspecified atom stereocenters. The van der Waals surface area contributed by atoms with E-state index in [1.807, 2.05) is 55.5 Å². The number of benzene rings is 1. The fourth-order valence-corrected chi connectivity index (χ4v) is 3.03. The molecule has 2 heterocycles. The van der Waals surface area contributed by atoms with Gasteiger partial charge in [0, 0.05) is 53.0 Å². The molecular formula is C19H27N5O. The maximum Gasteiger partial charge on any atom is 0.226 e. The van der Waals surface area contributed by atoms with Crippen molar-refractivity contribution in [3.8, 4) is 0 Å². The van der Waals surface area contributed by atoms with Crippen molar-refractivity contribution < 1.29 is 5.11 Å². The highest BCUT2D eigenvalue weighted by Gasteiger charge is 2.21. The largest absolute Gasteiger partial charge is 0.387 e. The molecule has 0 amide bonds. The van der Waals surface area contributed by atoms with Gasteiger partial charge in [0.25, 0.3) is 0 Å². The minimum Gasteiger partial charge on any atom is -0.387 e. The number of hydrogen-bond donors (Lipinski definition) is 1. The summed E-state index contributed by atoms with van der Waals surface area (Å²) >= 11 is 0. The molecule has 0 radical (unpaired) electrons. The molecule has 2 aromatic rings. The Morgan fingerprint density at radius 3 is 2.40 bits per heavy atom. The first-order chi connectivity index (χ1) is 12.0. The summed E-state index contributed by atoms with van der Waals surface area (Å²) in [7, 11) is 3.90. The van der Waals surface area contributed by atoms with Crippen LogP contribution in [0, 0.1) is 6.92 Å². The number of β-amino-alcohol motifs (C(OH)–C–C–N with tert-alkyl or cyclic N) is 1. The van der Waals surface area contributed by atoms with Gasteiger partial charge in [-0.1, -0.05) is 29.8 Å². The van der Waals surface area contributed by atoms with Crippen molar-refractivity contribution in [1.29, 1.82) is 0 Å². The number of piperazine rings is 1. The van der Waals surface area contributed by atoms with Crippen molar-refractivity contribution in [1.82, 2.24) is 14.9 Å². The van der Waals surface area contributed by atoms with Gasteiger partial charge in [-0.3, -0.25) is 4.90 Å². The molecule has 6 heteroatoms. The Labute approximate surface area is 149 Å². The fourth-order valence-electron chi connectivity index (χ4n) is 3.03. The minimum atomic E-state index is -0.438. The number of nitrogens with zero attached hydrogens (tertiary/aromatic N) is 5. The lowest BCUT2D eigenvalue weighted by atomic mass is 10.1. The standard InChI is InChI=1S/C19H27N5O/c1-15-4-6-16(7-5-15)17(25)14-23-10-12-24(13-11-23)18-8-9-20-19(21-18)22(2)3/h4-9,17,25H,10-14H2,1-3H3. The van der Waals surface area contributed by atoms with Gasteiger partial charge in [-0.2, -0.15) is 4.98 Å². The molecule has 1 aromatic heterocycles. The summed E-state index contributed by atoms with van der Waals surface area (Å²) in [4.78, 5) is 15.4. The van der Waals surface area contributed by atoms with Crippen LogP contribution in [0.25, 0.3) is 0 Å². The smallest absolute Gasteiger partial charge is 0.226 e. The Hall–Kier alpha value is -2.18. The first-order valence-electron chi connectivity index (χ1n) is 8.75. The Morgan fingerprint density at radius 2 is 1.76 bits per heavy atom. The summed E-state index contributed by atoms with van der Waals surface area (Å²) in [5.74, 6) is 1.70. The van der Waals surface area contributed by atoms with Crippen LogP contribution in [0.4, 0.5) is 11.8 Å². The second kappa shape index (κ2) is 7.80. The molecule has 25 heavy (non-hydrogen) atoms. The summed E-state index contributed by atoms with van der Waals surface area (Å²) < 4.78 is 0. The van der Waals surface area contributed by atoms with Gasteiger partial charge in [-0.05, 0) is 18.6 Å². The van der Waals surface area contributed by atoms with Crippen molar-refractivity contribution >= 4 is 11.8 Å². The van der Waals surface area contributed by atoms with Crippen molar-refractivity contribution in [2.75, 3.05) is 56.6 Å². The van der Waals surface area contributed by atoms with Gasteiger partial charge in [0.1, 0.15) is 5.82 Å². The average Bonchev–Trinajstić information content (AvgIpc) is 2.63. The highest BCUT2D eigenvalue weighted by Crippen LogP contribution is 2.19. The molecule has 0 spiro atoms. The van der Waals surface area contributed by atoms with E-state index >= 15 is 0 Å². The van der Waals surface area contributed by atoms with Crippen LogP contribution in [0.5, 0.6) is 0 Å². The number of hydrogen-bond acceptors (Lipinski definition) is 6. The molecule has 0 saturated carbocycles. The normalized spacial score (nSPS) is 16.7. The second-order valence-corrected chi connectivity index (χ2v) is 6.82. The zero-order chi connectivity index (χ0) is 17.8. The quantitative estimate of drug-likeness (QED) is 0.893. The molecule has 0 aliphatic carbocycles. The van der Waals surface area contributed by atoms with Crippen molar-refractivity contribution in [3.05, 3.63) is 47.7 Å². The van der Waals surface area contributed by atoms with Crippen LogP contribution in [0.2, 0.25) is 0 Å². The monoisotopic (exact) mass is 341 g/mol. The van der Waals surface area contributed by atoms with E-state index in [0.29, 0.717) is 6.54 Å². The van der Waals surface area contributed by atoms with Gasteiger partial charge in [0.15, 0.2) is 0 Å². The Balaban J connectivity index is 1.55. The van der Waals surface area contributed by atoms with Gasteiger partial charge in [-0.25, -0.2) is 4.98 Å². The first-order valence-corrected chi connectivity index (χ1v) is 8.75. The Bertz CT molecular complexity index is 680. The molecule has 1 atom stereocenters. The predicted molar refractivity (Wildman–Crippen MR) is 101 cm³/mol. The van der Waals surface area contributed by atoms with Crippen LogP contribution in [0.3, 0.4) is 0 Å². The lowest BCUT2D eigenvalue weighted by molar-refractivity contribution is 0.109. The maximum absolute atomic E-state index is 10.5. The summed E-state index contributed by atoms with van der Waals surface area (Å²) in [6, 6.07) is 10.1. The number of aryl methyl sites for hydroxylation is 1. The SMILES string of the molecule is Cc1ccc(C(O)CN2CCN(c3ccnc(N(C)C)n3)CC2)cc1. The average molecular weight is 341 g/mol. The Kier molecular flexibility index (Phi) is 5.50. The summed E-state index contributed by atoms with van der Waals surface area (Å²) in [5.41, 5.74) is 2.20. The first kappa shape index (κ1) is 17.6. The third-order valence-electron chi connectivity index (χ3n) is 4.62. The molecule has 1 fully saturated rings. The van der Waals surface area contributed by atoms with Crippen LogP contribution in [-0.2, 0) is 0 Å². The van der Waals surface area contributed by atoms with E-state index in [2.05, 4.69) is 26.7 Å². The molecule has 6 nitrogen and oxygen atoms in total. The van der Waals surface area contributed by atoms with E-state index in [-0.39, 0.29) is 0 Å². The summed E-state index contributed by atoms with van der Waals surface area (Å²) in [6.45, 7) is 6.39. The molecule has 1 aromatic carbocycles. The molecule has 134 valence electrons. The molecule has 1 aliphatic heterocycles. The Morgan fingerprint density at radius 1 is 1.08 bits per heavy atom. The fraction of sp³-hybridized carbons (Fsp3) is 0.474. The van der Waals surface area contributed by atoms with Crippen LogP contribution in [0.15, 0.2) is 36.5 Å². The van der Waals surface area contributed by atoms with Gasteiger partial charge in [0.2, 0.25) is 5.95 Å². The van der Waals surface area contributed by atoms with Gasteiger partial charge in [-0.15, -0.1) is 0 Å². The molecule has 0 bridgehead atoms. The molecular weight excluding hydrogens is 314 g/mol. The highest BCUT2D eigenvalue weighted by atomic mass is 16.3. The third kappa shape index (κ3) is 4.46. The topological polar surface area (TPSA) is 55.7 Å². The number of anilines is 2. The molecule has 1 N–H and O–H groups in total. The predicted octanol–water partition coefficient (Wildman–Crippen LogP) is 1.71. The lowest BCUT2D eigenvalue weighted by Gasteiger charge is -2.36. The van der Waals surface area contributed by atoms with Gasteiger partial charge < -0.3 is 14.9 Å². The lowest BCUT2D eigenvalue weighted by Crippen LogP contribution is -2.47. The van der Waals surface area contributed by atoms with E-state index < -0.39 is 6.10 Å². The van der Waals surface area contributed by atoms with Crippen LogP contribution in [0.1, 0.15) is 17.2 Å². The number of aliphatic hydroxyl groups is 1. The van der Waals surface area contributed by atoms with Crippen molar-refractivity contribution in [2.24, 2.45) is 0 Å². The maximum atomic E-state index is 10.5. The number of aliphatic hydroxyl groups excluding tert-OH is 1. The van der Waals surface area contributed by atoms with Gasteiger partial charge in [0.05, 0.1) is 6.10 Å². The van der Waals surface area contributed by atoms with E-state index in [4.69, 9.17) is 0 Å². The molecule has 1 saturated heterocycles. The van der Waals surface area contributed by atoms with E-state index in [0.717, 1.165) is 43.5 Å². The zero-order valence-corrected chi connectivity index (χ0v) is 15.3. The van der Waals surface area contributed by atoms with E-state index in [1.165, 1.54) is 5.56 Å². The number of aromatic nitrogens is 2. The minimum absolute atomic E-state index is 0.438. The number of rotatable bonds is 5. The zero-order valence-electron chi connectivity index (χ0n) is 15.3. The summed E-state index contributed by atoms with van der Waals surface area (Å²) in [6.07, 6.45) is 1.37. The van der Waals surface area contributed by atoms with Crippen LogP contribution >= 0.6 is 0 Å².